The molecular weight excluding hydrogens is 520 g/mol. The van der Waals surface area contributed by atoms with Crippen molar-refractivity contribution >= 4 is 39.5 Å². The third-order valence-corrected chi connectivity index (χ3v) is 7.07. The van der Waals surface area contributed by atoms with Crippen molar-refractivity contribution in [1.29, 1.82) is 0 Å². The Kier molecular flexibility index (Phi) is 10.4. The fourth-order valence-corrected chi connectivity index (χ4v) is 4.90. The predicted octanol–water partition coefficient (Wildman–Crippen LogP) is 6.26. The van der Waals surface area contributed by atoms with E-state index in [-0.39, 0.29) is 17.6 Å². The summed E-state index contributed by atoms with van der Waals surface area (Å²) in [6, 6.07) is 25.3. The molecule has 2 amide bonds. The molecule has 0 heterocycles. The predicted molar refractivity (Wildman–Crippen MR) is 148 cm³/mol. The van der Waals surface area contributed by atoms with Gasteiger partial charge in [-0.25, -0.2) is 0 Å². The normalized spacial score (nSPS) is 11.8. The zero-order valence-electron chi connectivity index (χ0n) is 20.5. The van der Waals surface area contributed by atoms with Crippen LogP contribution < -0.4 is 5.32 Å². The number of benzene rings is 3. The van der Waals surface area contributed by atoms with Crippen molar-refractivity contribution in [2.75, 3.05) is 12.3 Å². The minimum Gasteiger partial charge on any atom is -0.354 e. The smallest absolute Gasteiger partial charge is 0.243 e. The van der Waals surface area contributed by atoms with Gasteiger partial charge in [0.25, 0.3) is 0 Å². The lowest BCUT2D eigenvalue weighted by Crippen LogP contribution is -2.51. The molecule has 0 radical (unpaired) electrons. The summed E-state index contributed by atoms with van der Waals surface area (Å²) in [6.45, 7) is 7.11. The highest BCUT2D eigenvalue weighted by Crippen LogP contribution is 2.22. The molecule has 35 heavy (non-hydrogen) atoms. The fourth-order valence-electron chi connectivity index (χ4n) is 3.67. The maximum absolute atomic E-state index is 13.7. The molecule has 1 N–H and O–H groups in total. The van der Waals surface area contributed by atoms with Crippen molar-refractivity contribution in [3.8, 4) is 0 Å². The zero-order valence-corrected chi connectivity index (χ0v) is 22.9. The molecule has 6 heteroatoms. The van der Waals surface area contributed by atoms with Gasteiger partial charge in [0.05, 0.1) is 5.75 Å². The number of nitrogens with zero attached hydrogens (tertiary/aromatic N) is 1. The van der Waals surface area contributed by atoms with Crippen molar-refractivity contribution in [3.05, 3.63) is 100 Å². The quantitative estimate of drug-likeness (QED) is 0.285. The van der Waals surface area contributed by atoms with Gasteiger partial charge in [-0.2, -0.15) is 0 Å². The number of hydrogen-bond donors (Lipinski definition) is 1. The van der Waals surface area contributed by atoms with Gasteiger partial charge in [-0.1, -0.05) is 89.9 Å². The van der Waals surface area contributed by atoms with E-state index in [0.29, 0.717) is 25.4 Å². The SMILES string of the molecule is Cc1ccc(SCC(=O)N(Cc2cccc(Br)c2)[C@H](Cc2ccccc2)C(=O)NCC(C)C)cc1. The molecule has 4 nitrogen and oxygen atoms in total. The molecule has 0 aliphatic heterocycles. The number of rotatable bonds is 11. The lowest BCUT2D eigenvalue weighted by atomic mass is 10.0. The topological polar surface area (TPSA) is 49.4 Å². The molecule has 0 saturated heterocycles. The van der Waals surface area contributed by atoms with E-state index in [2.05, 4.69) is 35.1 Å². The van der Waals surface area contributed by atoms with E-state index in [1.54, 1.807) is 4.90 Å². The fraction of sp³-hybridized carbons (Fsp3) is 0.310. The maximum atomic E-state index is 13.7. The number of carbonyl (C=O) groups excluding carboxylic acids is 2. The van der Waals surface area contributed by atoms with E-state index < -0.39 is 6.04 Å². The van der Waals surface area contributed by atoms with E-state index in [4.69, 9.17) is 0 Å². The first-order chi connectivity index (χ1) is 16.8. The summed E-state index contributed by atoms with van der Waals surface area (Å²) >= 11 is 5.03. The number of thioether (sulfide) groups is 1. The van der Waals surface area contributed by atoms with Crippen LogP contribution in [-0.4, -0.2) is 35.1 Å². The minimum absolute atomic E-state index is 0.0591. The number of nitrogens with one attached hydrogen (secondary N) is 1. The largest absolute Gasteiger partial charge is 0.354 e. The number of halogens is 1. The van der Waals surface area contributed by atoms with Crippen LogP contribution in [0.15, 0.2) is 88.2 Å². The van der Waals surface area contributed by atoms with Crippen molar-refractivity contribution in [2.24, 2.45) is 5.92 Å². The van der Waals surface area contributed by atoms with Crippen LogP contribution in [0.3, 0.4) is 0 Å². The standard InChI is InChI=1S/C29H33BrN2O2S/c1-21(2)18-31-29(34)27(17-23-8-5-4-6-9-23)32(19-24-10-7-11-25(30)16-24)28(33)20-35-26-14-12-22(3)13-15-26/h4-16,21,27H,17-20H2,1-3H3,(H,31,34)/t27-/m1/s1. The Labute approximate surface area is 221 Å². The van der Waals surface area contributed by atoms with E-state index in [1.807, 2.05) is 85.8 Å². The molecule has 3 aromatic rings. The van der Waals surface area contributed by atoms with Crippen LogP contribution in [-0.2, 0) is 22.6 Å². The van der Waals surface area contributed by atoms with Crippen molar-refractivity contribution in [1.82, 2.24) is 10.2 Å². The first-order valence-electron chi connectivity index (χ1n) is 11.9. The van der Waals surface area contributed by atoms with E-state index >= 15 is 0 Å². The van der Waals surface area contributed by atoms with Crippen LogP contribution in [0.25, 0.3) is 0 Å². The lowest BCUT2D eigenvalue weighted by molar-refractivity contribution is -0.139. The van der Waals surface area contributed by atoms with Gasteiger partial charge < -0.3 is 10.2 Å². The molecule has 3 aromatic carbocycles. The molecule has 1 atom stereocenters. The van der Waals surface area contributed by atoms with Crippen LogP contribution in [0.2, 0.25) is 0 Å². The lowest BCUT2D eigenvalue weighted by Gasteiger charge is -2.32. The maximum Gasteiger partial charge on any atom is 0.243 e. The highest BCUT2D eigenvalue weighted by Gasteiger charge is 2.30. The summed E-state index contributed by atoms with van der Waals surface area (Å²) in [5.74, 6) is 0.407. The molecule has 0 aliphatic carbocycles. The van der Waals surface area contributed by atoms with Crippen molar-refractivity contribution < 1.29 is 9.59 Å². The van der Waals surface area contributed by atoms with Crippen LogP contribution in [0, 0.1) is 12.8 Å². The summed E-state index contributed by atoms with van der Waals surface area (Å²) in [5, 5.41) is 3.07. The molecule has 0 aliphatic rings. The average molecular weight is 554 g/mol. The van der Waals surface area contributed by atoms with Gasteiger partial charge in [0.1, 0.15) is 6.04 Å². The average Bonchev–Trinajstić information content (AvgIpc) is 2.85. The van der Waals surface area contributed by atoms with Gasteiger partial charge in [0, 0.05) is 28.9 Å². The van der Waals surface area contributed by atoms with Crippen LogP contribution in [0.5, 0.6) is 0 Å². The van der Waals surface area contributed by atoms with Gasteiger partial charge in [0.15, 0.2) is 0 Å². The molecule has 0 fully saturated rings. The van der Waals surface area contributed by atoms with Gasteiger partial charge in [-0.15, -0.1) is 11.8 Å². The highest BCUT2D eigenvalue weighted by molar-refractivity contribution is 9.10. The Morgan fingerprint density at radius 1 is 0.943 bits per heavy atom. The molecule has 0 bridgehead atoms. The number of amides is 2. The van der Waals surface area contributed by atoms with Crippen molar-refractivity contribution in [3.63, 3.8) is 0 Å². The Bertz CT molecular complexity index is 1100. The monoisotopic (exact) mass is 552 g/mol. The highest BCUT2D eigenvalue weighted by atomic mass is 79.9. The summed E-state index contributed by atoms with van der Waals surface area (Å²) in [5.41, 5.74) is 3.18. The van der Waals surface area contributed by atoms with E-state index in [1.165, 1.54) is 17.3 Å². The first kappa shape index (κ1) is 27.0. The van der Waals surface area contributed by atoms with E-state index in [9.17, 15) is 9.59 Å². The summed E-state index contributed by atoms with van der Waals surface area (Å²) in [6.07, 6.45) is 0.458. The molecule has 184 valence electrons. The molecule has 0 saturated carbocycles. The molecular formula is C29H33BrN2O2S. The Balaban J connectivity index is 1.89. The summed E-state index contributed by atoms with van der Waals surface area (Å²) in [4.78, 5) is 29.9. The molecule has 0 aromatic heterocycles. The second kappa shape index (κ2) is 13.5. The summed E-state index contributed by atoms with van der Waals surface area (Å²) < 4.78 is 0.945. The molecule has 0 spiro atoms. The minimum atomic E-state index is -0.610. The second-order valence-electron chi connectivity index (χ2n) is 9.10. The van der Waals surface area contributed by atoms with Gasteiger partial charge >= 0.3 is 0 Å². The molecule has 0 unspecified atom stereocenters. The number of carbonyl (C=O) groups is 2. The Morgan fingerprint density at radius 2 is 1.63 bits per heavy atom. The summed E-state index contributed by atoms with van der Waals surface area (Å²) in [7, 11) is 0. The Hall–Kier alpha value is -2.57. The second-order valence-corrected chi connectivity index (χ2v) is 11.1. The number of hydrogen-bond acceptors (Lipinski definition) is 3. The first-order valence-corrected chi connectivity index (χ1v) is 13.6. The van der Waals surface area contributed by atoms with Crippen LogP contribution in [0.1, 0.15) is 30.5 Å². The third kappa shape index (κ3) is 8.86. The van der Waals surface area contributed by atoms with Gasteiger partial charge in [0.2, 0.25) is 11.8 Å². The zero-order chi connectivity index (χ0) is 25.2. The number of aryl methyl sites for hydroxylation is 1. The van der Waals surface area contributed by atoms with Crippen molar-refractivity contribution in [2.45, 2.75) is 44.7 Å². The third-order valence-electron chi connectivity index (χ3n) is 5.58. The van der Waals surface area contributed by atoms with Crippen LogP contribution in [0.4, 0.5) is 0 Å². The van der Waals surface area contributed by atoms with Crippen LogP contribution >= 0.6 is 27.7 Å². The van der Waals surface area contributed by atoms with Gasteiger partial charge in [-0.3, -0.25) is 9.59 Å². The molecule has 3 rings (SSSR count). The van der Waals surface area contributed by atoms with Gasteiger partial charge in [-0.05, 0) is 48.2 Å². The van der Waals surface area contributed by atoms with E-state index in [0.717, 1.165) is 20.5 Å². The Morgan fingerprint density at radius 3 is 2.29 bits per heavy atom.